The summed E-state index contributed by atoms with van der Waals surface area (Å²) < 4.78 is 3.80. The van der Waals surface area contributed by atoms with Gasteiger partial charge in [-0.2, -0.15) is 0 Å². The molecule has 1 aromatic carbocycles. The predicted molar refractivity (Wildman–Crippen MR) is 123 cm³/mol. The normalized spacial score (nSPS) is 15.5. The van der Waals surface area contributed by atoms with Crippen LogP contribution in [0.4, 0.5) is 0 Å². The van der Waals surface area contributed by atoms with Crippen LogP contribution in [0.1, 0.15) is 44.9 Å². The summed E-state index contributed by atoms with van der Waals surface area (Å²) in [5.74, 6) is 0.574. The van der Waals surface area contributed by atoms with E-state index < -0.39 is 0 Å². The molecule has 3 aromatic rings. The molecule has 0 N–H and O–H groups in total. The lowest BCUT2D eigenvalue weighted by molar-refractivity contribution is -0.131. The molecule has 0 spiro atoms. The molecule has 1 fully saturated rings. The Morgan fingerprint density at radius 3 is 2.55 bits per heavy atom. The summed E-state index contributed by atoms with van der Waals surface area (Å²) in [7, 11) is 2.02. The Bertz CT molecular complexity index is 1140. The van der Waals surface area contributed by atoms with Crippen molar-refractivity contribution in [1.29, 1.82) is 0 Å². The minimum Gasteiger partial charge on any atom is -0.350 e. The lowest BCUT2D eigenvalue weighted by Gasteiger charge is -2.32. The van der Waals surface area contributed by atoms with Crippen LogP contribution < -0.4 is 5.56 Å². The van der Waals surface area contributed by atoms with Crippen LogP contribution in [0.5, 0.6) is 0 Å². The Labute approximate surface area is 183 Å². The highest BCUT2D eigenvalue weighted by Crippen LogP contribution is 2.24. The van der Waals surface area contributed by atoms with Crippen LogP contribution in [0, 0.1) is 5.92 Å². The number of likely N-dealkylation sites (tertiary alicyclic amines) is 1. The van der Waals surface area contributed by atoms with E-state index in [0.717, 1.165) is 48.1 Å². The number of para-hydroxylation sites is 1. The highest BCUT2D eigenvalue weighted by atomic mass is 16.2. The fraction of sp³-hybridized carbons (Fsp3) is 0.480. The number of aromatic nitrogens is 3. The van der Waals surface area contributed by atoms with Crippen molar-refractivity contribution in [2.24, 2.45) is 13.0 Å². The van der Waals surface area contributed by atoms with Gasteiger partial charge in [0.2, 0.25) is 5.91 Å². The SMILES string of the molecule is Cn1cc(CC(=O)N2CCC(Cn3cnc(C(C)(C)C)cc3=O)CC2)c2ccccc21. The number of hydrogen-bond donors (Lipinski definition) is 0. The van der Waals surface area contributed by atoms with Crippen LogP contribution in [0.2, 0.25) is 0 Å². The lowest BCUT2D eigenvalue weighted by atomic mass is 9.92. The number of benzene rings is 1. The molecule has 0 saturated carbocycles. The molecular weight excluding hydrogens is 388 g/mol. The van der Waals surface area contributed by atoms with Crippen molar-refractivity contribution >= 4 is 16.8 Å². The van der Waals surface area contributed by atoms with Gasteiger partial charge in [0.15, 0.2) is 0 Å². The Hall–Kier alpha value is -2.89. The molecule has 0 atom stereocenters. The quantitative estimate of drug-likeness (QED) is 0.649. The van der Waals surface area contributed by atoms with Crippen molar-refractivity contribution in [3.05, 3.63) is 64.5 Å². The summed E-state index contributed by atoms with van der Waals surface area (Å²) in [5, 5.41) is 1.15. The molecule has 1 amide bonds. The molecule has 0 aliphatic carbocycles. The first kappa shape index (κ1) is 21.3. The molecular formula is C25H32N4O2. The smallest absolute Gasteiger partial charge is 0.253 e. The van der Waals surface area contributed by atoms with E-state index in [1.165, 1.54) is 0 Å². The molecule has 31 heavy (non-hydrogen) atoms. The van der Waals surface area contributed by atoms with E-state index in [0.29, 0.717) is 18.9 Å². The molecule has 1 saturated heterocycles. The largest absolute Gasteiger partial charge is 0.350 e. The zero-order valence-electron chi connectivity index (χ0n) is 19.0. The van der Waals surface area contributed by atoms with Crippen LogP contribution in [0.15, 0.2) is 47.7 Å². The monoisotopic (exact) mass is 420 g/mol. The van der Waals surface area contributed by atoms with Crippen molar-refractivity contribution in [2.45, 2.75) is 52.0 Å². The van der Waals surface area contributed by atoms with Gasteiger partial charge in [-0.25, -0.2) is 4.98 Å². The molecule has 6 nitrogen and oxygen atoms in total. The third kappa shape index (κ3) is 4.58. The second-order valence-corrected chi connectivity index (χ2v) is 9.80. The van der Waals surface area contributed by atoms with Gasteiger partial charge in [-0.1, -0.05) is 39.0 Å². The Morgan fingerprint density at radius 1 is 1.16 bits per heavy atom. The Balaban J connectivity index is 1.35. The van der Waals surface area contributed by atoms with E-state index in [4.69, 9.17) is 0 Å². The Morgan fingerprint density at radius 2 is 1.87 bits per heavy atom. The van der Waals surface area contributed by atoms with E-state index in [1.807, 2.05) is 24.1 Å². The predicted octanol–water partition coefficient (Wildman–Crippen LogP) is 3.51. The van der Waals surface area contributed by atoms with E-state index in [2.05, 4.69) is 48.7 Å². The number of carbonyl (C=O) groups is 1. The first-order valence-electron chi connectivity index (χ1n) is 11.1. The van der Waals surface area contributed by atoms with Crippen LogP contribution in [-0.4, -0.2) is 38.0 Å². The zero-order valence-corrected chi connectivity index (χ0v) is 19.0. The number of rotatable bonds is 4. The molecule has 0 bridgehead atoms. The maximum Gasteiger partial charge on any atom is 0.253 e. The molecule has 1 aliphatic heterocycles. The second kappa shape index (κ2) is 8.33. The van der Waals surface area contributed by atoms with Crippen LogP contribution in [0.3, 0.4) is 0 Å². The number of aryl methyl sites for hydroxylation is 1. The van der Waals surface area contributed by atoms with Gasteiger partial charge in [0, 0.05) is 55.3 Å². The summed E-state index contributed by atoms with van der Waals surface area (Å²) >= 11 is 0. The van der Waals surface area contributed by atoms with Crippen LogP contribution in [-0.2, 0) is 30.2 Å². The second-order valence-electron chi connectivity index (χ2n) is 9.80. The van der Waals surface area contributed by atoms with Gasteiger partial charge in [-0.3, -0.25) is 14.2 Å². The summed E-state index contributed by atoms with van der Waals surface area (Å²) in [5.41, 5.74) is 2.94. The average molecular weight is 421 g/mol. The zero-order chi connectivity index (χ0) is 22.2. The lowest BCUT2D eigenvalue weighted by Crippen LogP contribution is -2.40. The molecule has 6 heteroatoms. The number of amides is 1. The minimum atomic E-state index is -0.131. The molecule has 3 heterocycles. The van der Waals surface area contributed by atoms with Gasteiger partial charge in [-0.05, 0) is 30.4 Å². The van der Waals surface area contributed by atoms with Gasteiger partial charge < -0.3 is 9.47 Å². The van der Waals surface area contributed by atoms with Crippen molar-refractivity contribution < 1.29 is 4.79 Å². The van der Waals surface area contributed by atoms with Gasteiger partial charge in [-0.15, -0.1) is 0 Å². The summed E-state index contributed by atoms with van der Waals surface area (Å²) in [6.07, 6.45) is 6.00. The van der Waals surface area contributed by atoms with Crippen molar-refractivity contribution in [1.82, 2.24) is 19.0 Å². The molecule has 1 aliphatic rings. The van der Waals surface area contributed by atoms with E-state index in [1.54, 1.807) is 17.0 Å². The van der Waals surface area contributed by atoms with Crippen LogP contribution in [0.25, 0.3) is 10.9 Å². The number of carbonyl (C=O) groups excluding carboxylic acids is 1. The molecule has 0 unspecified atom stereocenters. The molecule has 164 valence electrons. The summed E-state index contributed by atoms with van der Waals surface area (Å²) in [6, 6.07) is 9.87. The summed E-state index contributed by atoms with van der Waals surface area (Å²) in [4.78, 5) is 31.9. The van der Waals surface area contributed by atoms with Crippen molar-refractivity contribution in [2.75, 3.05) is 13.1 Å². The van der Waals surface area contributed by atoms with Crippen molar-refractivity contribution in [3.8, 4) is 0 Å². The summed E-state index contributed by atoms with van der Waals surface area (Å²) in [6.45, 7) is 8.34. The highest BCUT2D eigenvalue weighted by Gasteiger charge is 2.24. The number of nitrogens with zero attached hydrogens (tertiary/aromatic N) is 4. The minimum absolute atomic E-state index is 0.00869. The Kier molecular flexibility index (Phi) is 5.73. The topological polar surface area (TPSA) is 60.1 Å². The van der Waals surface area contributed by atoms with Crippen LogP contribution >= 0.6 is 0 Å². The van der Waals surface area contributed by atoms with Crippen molar-refractivity contribution in [3.63, 3.8) is 0 Å². The van der Waals surface area contributed by atoms with E-state index >= 15 is 0 Å². The van der Waals surface area contributed by atoms with Gasteiger partial charge in [0.1, 0.15) is 0 Å². The number of hydrogen-bond acceptors (Lipinski definition) is 3. The first-order valence-corrected chi connectivity index (χ1v) is 11.1. The van der Waals surface area contributed by atoms with E-state index in [9.17, 15) is 9.59 Å². The van der Waals surface area contributed by atoms with Gasteiger partial charge in [0.25, 0.3) is 5.56 Å². The standard InChI is InChI=1S/C25H32N4O2/c1-25(2,3)22-14-24(31)29(17-26-22)15-18-9-11-28(12-10-18)23(30)13-19-16-27(4)21-8-6-5-7-20(19)21/h5-8,14,16-18H,9-13,15H2,1-4H3. The number of piperidine rings is 1. The third-order valence-corrected chi connectivity index (χ3v) is 6.39. The fourth-order valence-electron chi connectivity index (χ4n) is 4.46. The highest BCUT2D eigenvalue weighted by molar-refractivity contribution is 5.89. The molecule has 0 radical (unpaired) electrons. The van der Waals surface area contributed by atoms with E-state index in [-0.39, 0.29) is 16.9 Å². The maximum atomic E-state index is 12.9. The first-order chi connectivity index (χ1) is 14.7. The fourth-order valence-corrected chi connectivity index (χ4v) is 4.46. The van der Waals surface area contributed by atoms with Gasteiger partial charge >= 0.3 is 0 Å². The number of fused-ring (bicyclic) bond motifs is 1. The molecule has 4 rings (SSSR count). The average Bonchev–Trinajstić information content (AvgIpc) is 3.05. The van der Waals surface area contributed by atoms with Gasteiger partial charge in [0.05, 0.1) is 18.4 Å². The third-order valence-electron chi connectivity index (χ3n) is 6.39. The molecule has 2 aromatic heterocycles. The maximum absolute atomic E-state index is 12.9.